The Kier molecular flexibility index (Phi) is 7.03. The molecule has 0 radical (unpaired) electrons. The number of nitrogens with two attached hydrogens (primary N) is 1. The first-order valence-corrected chi connectivity index (χ1v) is 10.2. The Labute approximate surface area is 175 Å². The molecule has 0 bridgehead atoms. The fourth-order valence-corrected chi connectivity index (χ4v) is 3.66. The number of nitrogen functional groups attached to an aromatic ring is 1. The van der Waals surface area contributed by atoms with Gasteiger partial charge in [0, 0.05) is 12.6 Å². The SMILES string of the molecule is CC(C)CC1CC(C(=O)NCCCc2nn(-c3ccc(F)cc3)c(N)c2C#N)NN1. The number of rotatable bonds is 8. The van der Waals surface area contributed by atoms with Gasteiger partial charge in [0.15, 0.2) is 0 Å². The van der Waals surface area contributed by atoms with Crippen LogP contribution in [0.5, 0.6) is 0 Å². The van der Waals surface area contributed by atoms with E-state index < -0.39 is 0 Å². The molecule has 1 fully saturated rings. The Morgan fingerprint density at radius 3 is 2.80 bits per heavy atom. The van der Waals surface area contributed by atoms with Crippen LogP contribution in [0.2, 0.25) is 0 Å². The Morgan fingerprint density at radius 2 is 2.13 bits per heavy atom. The maximum atomic E-state index is 13.2. The van der Waals surface area contributed by atoms with E-state index in [1.54, 1.807) is 12.1 Å². The molecule has 0 saturated carbocycles. The summed E-state index contributed by atoms with van der Waals surface area (Å²) >= 11 is 0. The monoisotopic (exact) mass is 413 g/mol. The molecule has 160 valence electrons. The van der Waals surface area contributed by atoms with Gasteiger partial charge < -0.3 is 11.1 Å². The van der Waals surface area contributed by atoms with Gasteiger partial charge in [0.25, 0.3) is 0 Å². The van der Waals surface area contributed by atoms with E-state index in [9.17, 15) is 14.4 Å². The molecular weight excluding hydrogens is 385 g/mol. The normalized spacial score (nSPS) is 18.5. The van der Waals surface area contributed by atoms with Gasteiger partial charge in [-0.15, -0.1) is 0 Å². The fraction of sp³-hybridized carbons (Fsp3) is 0.476. The zero-order chi connectivity index (χ0) is 21.7. The lowest BCUT2D eigenvalue weighted by Gasteiger charge is -2.11. The molecule has 3 rings (SSSR count). The van der Waals surface area contributed by atoms with Gasteiger partial charge in [-0.25, -0.2) is 14.5 Å². The highest BCUT2D eigenvalue weighted by molar-refractivity contribution is 5.82. The van der Waals surface area contributed by atoms with Gasteiger partial charge in [0.05, 0.1) is 11.4 Å². The van der Waals surface area contributed by atoms with Crippen LogP contribution in [0.15, 0.2) is 24.3 Å². The number of aryl methyl sites for hydroxylation is 1. The van der Waals surface area contributed by atoms with Gasteiger partial charge in [-0.2, -0.15) is 10.4 Å². The van der Waals surface area contributed by atoms with Crippen molar-refractivity contribution in [2.75, 3.05) is 12.3 Å². The van der Waals surface area contributed by atoms with Crippen molar-refractivity contribution >= 4 is 11.7 Å². The van der Waals surface area contributed by atoms with Gasteiger partial charge in [-0.1, -0.05) is 13.8 Å². The first kappa shape index (κ1) is 21.7. The van der Waals surface area contributed by atoms with Crippen LogP contribution >= 0.6 is 0 Å². The number of nitrogens with one attached hydrogen (secondary N) is 3. The minimum Gasteiger partial charge on any atom is -0.382 e. The Balaban J connectivity index is 1.53. The minimum absolute atomic E-state index is 0.0365. The lowest BCUT2D eigenvalue weighted by Crippen LogP contribution is -2.43. The molecular formula is C21H28FN7O. The van der Waals surface area contributed by atoms with Crippen molar-refractivity contribution in [3.63, 3.8) is 0 Å². The van der Waals surface area contributed by atoms with Gasteiger partial charge in [0.2, 0.25) is 5.91 Å². The molecule has 1 aliphatic heterocycles. The maximum Gasteiger partial charge on any atom is 0.238 e. The van der Waals surface area contributed by atoms with Crippen molar-refractivity contribution in [1.29, 1.82) is 5.26 Å². The third-order valence-electron chi connectivity index (χ3n) is 5.12. The van der Waals surface area contributed by atoms with E-state index in [4.69, 9.17) is 5.73 Å². The van der Waals surface area contributed by atoms with E-state index in [-0.39, 0.29) is 23.6 Å². The molecule has 0 spiro atoms. The number of anilines is 1. The van der Waals surface area contributed by atoms with Crippen molar-refractivity contribution < 1.29 is 9.18 Å². The summed E-state index contributed by atoms with van der Waals surface area (Å²) in [6, 6.07) is 7.89. The van der Waals surface area contributed by atoms with Crippen molar-refractivity contribution in [2.24, 2.45) is 5.92 Å². The van der Waals surface area contributed by atoms with E-state index in [1.165, 1.54) is 16.8 Å². The maximum absolute atomic E-state index is 13.2. The second kappa shape index (κ2) is 9.69. The number of amides is 1. The van der Waals surface area contributed by atoms with Crippen LogP contribution in [0.25, 0.3) is 5.69 Å². The van der Waals surface area contributed by atoms with Crippen LogP contribution in [0, 0.1) is 23.1 Å². The lowest BCUT2D eigenvalue weighted by molar-refractivity contribution is -0.122. The van der Waals surface area contributed by atoms with Crippen molar-refractivity contribution in [1.82, 2.24) is 25.9 Å². The highest BCUT2D eigenvalue weighted by Crippen LogP contribution is 2.21. The quantitative estimate of drug-likeness (QED) is 0.490. The average Bonchev–Trinajstić information content (AvgIpc) is 3.29. The van der Waals surface area contributed by atoms with E-state index in [2.05, 4.69) is 41.2 Å². The molecule has 2 atom stereocenters. The van der Waals surface area contributed by atoms with Crippen LogP contribution in [0.3, 0.4) is 0 Å². The first-order valence-electron chi connectivity index (χ1n) is 10.2. The molecule has 2 aromatic rings. The first-order chi connectivity index (χ1) is 14.4. The third kappa shape index (κ3) is 5.14. The molecule has 1 aliphatic rings. The van der Waals surface area contributed by atoms with Crippen LogP contribution in [0.4, 0.5) is 10.2 Å². The molecule has 5 N–H and O–H groups in total. The Hall–Kier alpha value is -2.96. The summed E-state index contributed by atoms with van der Waals surface area (Å²) in [5.41, 5.74) is 13.8. The van der Waals surface area contributed by atoms with Gasteiger partial charge in [-0.3, -0.25) is 10.2 Å². The molecule has 2 heterocycles. The van der Waals surface area contributed by atoms with Gasteiger partial charge in [0.1, 0.15) is 29.3 Å². The Morgan fingerprint density at radius 1 is 1.40 bits per heavy atom. The highest BCUT2D eigenvalue weighted by atomic mass is 19.1. The van der Waals surface area contributed by atoms with Crippen LogP contribution in [-0.4, -0.2) is 34.3 Å². The zero-order valence-electron chi connectivity index (χ0n) is 17.3. The Bertz CT molecular complexity index is 917. The lowest BCUT2D eigenvalue weighted by atomic mass is 10.00. The number of halogens is 1. The molecule has 1 aromatic carbocycles. The second-order valence-corrected chi connectivity index (χ2v) is 8.00. The molecule has 1 aromatic heterocycles. The standard InChI is InChI=1S/C21H28FN7O/c1-13(2)10-15-11-19(27-26-15)21(30)25-9-3-4-18-17(12-23)20(24)29(28-18)16-7-5-14(22)6-8-16/h5-8,13,15,19,26-27H,3-4,9-11,24H2,1-2H3,(H,25,30). The third-order valence-corrected chi connectivity index (χ3v) is 5.12. The largest absolute Gasteiger partial charge is 0.382 e. The van der Waals surface area contributed by atoms with E-state index in [0.29, 0.717) is 48.3 Å². The van der Waals surface area contributed by atoms with E-state index in [1.807, 2.05) is 0 Å². The molecule has 0 aliphatic carbocycles. The number of carbonyl (C=O) groups excluding carboxylic acids is 1. The summed E-state index contributed by atoms with van der Waals surface area (Å²) in [5.74, 6) is 0.400. The number of carbonyl (C=O) groups is 1. The molecule has 30 heavy (non-hydrogen) atoms. The zero-order valence-corrected chi connectivity index (χ0v) is 17.3. The van der Waals surface area contributed by atoms with Crippen molar-refractivity contribution in [2.45, 2.75) is 51.6 Å². The molecule has 1 saturated heterocycles. The van der Waals surface area contributed by atoms with Crippen molar-refractivity contribution in [3.05, 3.63) is 41.3 Å². The number of hydrogen-bond donors (Lipinski definition) is 4. The summed E-state index contributed by atoms with van der Waals surface area (Å²) in [5, 5.41) is 16.8. The number of hydrogen-bond acceptors (Lipinski definition) is 6. The number of nitrogens with zero attached hydrogens (tertiary/aromatic N) is 3. The predicted octanol–water partition coefficient (Wildman–Crippen LogP) is 1.80. The van der Waals surface area contributed by atoms with Gasteiger partial charge >= 0.3 is 0 Å². The molecule has 1 amide bonds. The topological polar surface area (TPSA) is 121 Å². The minimum atomic E-state index is -0.358. The molecule has 8 nitrogen and oxygen atoms in total. The molecule has 9 heteroatoms. The highest BCUT2D eigenvalue weighted by Gasteiger charge is 2.29. The summed E-state index contributed by atoms with van der Waals surface area (Å²) in [7, 11) is 0. The summed E-state index contributed by atoms with van der Waals surface area (Å²) < 4.78 is 14.6. The van der Waals surface area contributed by atoms with E-state index in [0.717, 1.165) is 12.8 Å². The van der Waals surface area contributed by atoms with Crippen LogP contribution < -0.4 is 21.9 Å². The predicted molar refractivity (Wildman–Crippen MR) is 112 cm³/mol. The van der Waals surface area contributed by atoms with Crippen LogP contribution in [-0.2, 0) is 11.2 Å². The number of nitriles is 1. The van der Waals surface area contributed by atoms with Crippen molar-refractivity contribution in [3.8, 4) is 11.8 Å². The van der Waals surface area contributed by atoms with E-state index >= 15 is 0 Å². The number of hydrazine groups is 1. The average molecular weight is 414 g/mol. The summed E-state index contributed by atoms with van der Waals surface area (Å²) in [6.45, 7) is 4.80. The smallest absolute Gasteiger partial charge is 0.238 e. The number of benzene rings is 1. The number of aromatic nitrogens is 2. The van der Waals surface area contributed by atoms with Crippen LogP contribution in [0.1, 0.15) is 44.4 Å². The summed E-state index contributed by atoms with van der Waals surface area (Å²) in [6.07, 6.45) is 2.90. The summed E-state index contributed by atoms with van der Waals surface area (Å²) in [4.78, 5) is 12.3. The second-order valence-electron chi connectivity index (χ2n) is 8.00. The molecule has 2 unspecified atom stereocenters. The van der Waals surface area contributed by atoms with Gasteiger partial charge in [-0.05, 0) is 55.9 Å². The fourth-order valence-electron chi connectivity index (χ4n) is 3.66.